The number of carbonyl (C=O) groups excluding carboxylic acids is 1. The van der Waals surface area contributed by atoms with Crippen LogP contribution < -0.4 is 5.32 Å². The first-order valence-electron chi connectivity index (χ1n) is 6.40. The molecule has 1 aliphatic heterocycles. The van der Waals surface area contributed by atoms with Gasteiger partial charge in [0.15, 0.2) is 0 Å². The van der Waals surface area contributed by atoms with Crippen LogP contribution in [-0.2, 0) is 11.2 Å². The number of pyridine rings is 1. The number of Topliss-reactive ketones (excluding diaryl/α,β-unsaturated/α-hetero) is 1. The molecule has 1 aromatic heterocycles. The Bertz CT molecular complexity index is 579. The van der Waals surface area contributed by atoms with Gasteiger partial charge in [-0.3, -0.25) is 9.78 Å². The second-order valence-corrected chi connectivity index (χ2v) is 4.85. The summed E-state index contributed by atoms with van der Waals surface area (Å²) in [6.45, 7) is 1.64. The Morgan fingerprint density at radius 3 is 3.17 bits per heavy atom. The SMILES string of the molecule is O=C1CCNCC1Cc1ccc2ncccc2c1. The lowest BCUT2D eigenvalue weighted by molar-refractivity contribution is -0.123. The molecule has 0 spiro atoms. The number of benzene rings is 1. The summed E-state index contributed by atoms with van der Waals surface area (Å²) < 4.78 is 0. The van der Waals surface area contributed by atoms with Crippen molar-refractivity contribution in [2.45, 2.75) is 12.8 Å². The first-order valence-corrected chi connectivity index (χ1v) is 6.40. The third-order valence-electron chi connectivity index (χ3n) is 3.54. The number of ketones is 1. The van der Waals surface area contributed by atoms with Crippen LogP contribution in [0.3, 0.4) is 0 Å². The minimum Gasteiger partial charge on any atom is -0.316 e. The van der Waals surface area contributed by atoms with Crippen LogP contribution in [-0.4, -0.2) is 23.9 Å². The highest BCUT2D eigenvalue weighted by molar-refractivity contribution is 5.83. The zero-order valence-corrected chi connectivity index (χ0v) is 10.2. The van der Waals surface area contributed by atoms with E-state index in [1.165, 1.54) is 5.56 Å². The van der Waals surface area contributed by atoms with E-state index in [-0.39, 0.29) is 5.92 Å². The van der Waals surface area contributed by atoms with Gasteiger partial charge in [0.1, 0.15) is 5.78 Å². The molecule has 1 aliphatic rings. The topological polar surface area (TPSA) is 42.0 Å². The molecule has 3 heteroatoms. The summed E-state index contributed by atoms with van der Waals surface area (Å²) in [4.78, 5) is 16.1. The van der Waals surface area contributed by atoms with Crippen molar-refractivity contribution in [2.24, 2.45) is 5.92 Å². The van der Waals surface area contributed by atoms with E-state index in [1.54, 1.807) is 6.20 Å². The number of hydrogen-bond donors (Lipinski definition) is 1. The number of piperidine rings is 1. The van der Waals surface area contributed by atoms with Crippen LogP contribution in [0.5, 0.6) is 0 Å². The van der Waals surface area contributed by atoms with Crippen LogP contribution >= 0.6 is 0 Å². The number of rotatable bonds is 2. The standard InChI is InChI=1S/C15H16N2O/c18-15-5-7-16-10-13(15)9-11-3-4-14-12(8-11)2-1-6-17-14/h1-4,6,8,13,16H,5,7,9-10H2. The molecular weight excluding hydrogens is 224 g/mol. The van der Waals surface area contributed by atoms with Crippen molar-refractivity contribution in [3.63, 3.8) is 0 Å². The Morgan fingerprint density at radius 1 is 1.33 bits per heavy atom. The number of aromatic nitrogens is 1. The van der Waals surface area contributed by atoms with E-state index in [0.29, 0.717) is 12.2 Å². The van der Waals surface area contributed by atoms with E-state index in [2.05, 4.69) is 28.5 Å². The molecule has 1 atom stereocenters. The monoisotopic (exact) mass is 240 g/mol. The third-order valence-corrected chi connectivity index (χ3v) is 3.54. The Balaban J connectivity index is 1.83. The first-order chi connectivity index (χ1) is 8.83. The maximum Gasteiger partial charge on any atom is 0.138 e. The highest BCUT2D eigenvalue weighted by atomic mass is 16.1. The summed E-state index contributed by atoms with van der Waals surface area (Å²) in [5, 5.41) is 4.43. The lowest BCUT2D eigenvalue weighted by Crippen LogP contribution is -2.37. The highest BCUT2D eigenvalue weighted by Gasteiger charge is 2.21. The number of nitrogens with zero attached hydrogens (tertiary/aromatic N) is 1. The number of hydrogen-bond acceptors (Lipinski definition) is 3. The maximum atomic E-state index is 11.8. The van der Waals surface area contributed by atoms with E-state index in [4.69, 9.17) is 0 Å². The minimum atomic E-state index is 0.132. The van der Waals surface area contributed by atoms with Gasteiger partial charge in [0.2, 0.25) is 0 Å². The molecule has 2 heterocycles. The molecule has 0 saturated carbocycles. The molecule has 1 aromatic carbocycles. The van der Waals surface area contributed by atoms with Crippen molar-refractivity contribution in [2.75, 3.05) is 13.1 Å². The molecule has 0 bridgehead atoms. The number of nitrogens with one attached hydrogen (secondary N) is 1. The molecule has 0 aliphatic carbocycles. The Labute approximate surface area is 106 Å². The van der Waals surface area contributed by atoms with Crippen molar-refractivity contribution < 1.29 is 4.79 Å². The predicted molar refractivity (Wildman–Crippen MR) is 71.4 cm³/mol. The van der Waals surface area contributed by atoms with Gasteiger partial charge >= 0.3 is 0 Å². The Morgan fingerprint density at radius 2 is 2.28 bits per heavy atom. The fourth-order valence-electron chi connectivity index (χ4n) is 2.53. The second-order valence-electron chi connectivity index (χ2n) is 4.85. The van der Waals surface area contributed by atoms with Gasteiger partial charge in [-0.05, 0) is 30.2 Å². The van der Waals surface area contributed by atoms with Gasteiger partial charge in [-0.25, -0.2) is 0 Å². The predicted octanol–water partition coefficient (Wildman–Crippen LogP) is 1.96. The first kappa shape index (κ1) is 11.4. The fraction of sp³-hybridized carbons (Fsp3) is 0.333. The highest BCUT2D eigenvalue weighted by Crippen LogP contribution is 2.18. The second kappa shape index (κ2) is 4.86. The van der Waals surface area contributed by atoms with Crippen molar-refractivity contribution >= 4 is 16.7 Å². The van der Waals surface area contributed by atoms with E-state index >= 15 is 0 Å². The maximum absolute atomic E-state index is 11.8. The van der Waals surface area contributed by atoms with Crippen molar-refractivity contribution in [3.8, 4) is 0 Å². The summed E-state index contributed by atoms with van der Waals surface area (Å²) in [5.74, 6) is 0.521. The molecule has 1 fully saturated rings. The zero-order valence-electron chi connectivity index (χ0n) is 10.2. The normalized spacial score (nSPS) is 20.2. The van der Waals surface area contributed by atoms with Crippen LogP contribution in [0.15, 0.2) is 36.5 Å². The Kier molecular flexibility index (Phi) is 3.07. The van der Waals surface area contributed by atoms with Gasteiger partial charge in [0.05, 0.1) is 5.52 Å². The molecule has 1 N–H and O–H groups in total. The summed E-state index contributed by atoms with van der Waals surface area (Å²) in [5.41, 5.74) is 2.23. The van der Waals surface area contributed by atoms with Crippen LogP contribution in [0.1, 0.15) is 12.0 Å². The zero-order chi connectivity index (χ0) is 12.4. The molecule has 18 heavy (non-hydrogen) atoms. The molecule has 3 nitrogen and oxygen atoms in total. The summed E-state index contributed by atoms with van der Waals surface area (Å²) in [6.07, 6.45) is 3.30. The molecule has 92 valence electrons. The number of fused-ring (bicyclic) bond motifs is 1. The van der Waals surface area contributed by atoms with Crippen LogP contribution in [0.4, 0.5) is 0 Å². The lowest BCUT2D eigenvalue weighted by Gasteiger charge is -2.21. The smallest absolute Gasteiger partial charge is 0.138 e. The van der Waals surface area contributed by atoms with Gasteiger partial charge in [-0.2, -0.15) is 0 Å². The molecule has 0 amide bonds. The van der Waals surface area contributed by atoms with Crippen LogP contribution in [0.2, 0.25) is 0 Å². The summed E-state index contributed by atoms with van der Waals surface area (Å²) >= 11 is 0. The van der Waals surface area contributed by atoms with Gasteiger partial charge in [0, 0.05) is 37.0 Å². The summed E-state index contributed by atoms with van der Waals surface area (Å²) in [6, 6.07) is 10.3. The Hall–Kier alpha value is -1.74. The van der Waals surface area contributed by atoms with Crippen LogP contribution in [0, 0.1) is 5.92 Å². The fourth-order valence-corrected chi connectivity index (χ4v) is 2.53. The van der Waals surface area contributed by atoms with Gasteiger partial charge in [0.25, 0.3) is 0 Å². The molecule has 3 rings (SSSR count). The molecular formula is C15H16N2O. The minimum absolute atomic E-state index is 0.132. The molecule has 1 unspecified atom stereocenters. The van der Waals surface area contributed by atoms with Crippen LogP contribution in [0.25, 0.3) is 10.9 Å². The lowest BCUT2D eigenvalue weighted by atomic mass is 9.91. The largest absolute Gasteiger partial charge is 0.316 e. The third kappa shape index (κ3) is 2.27. The van der Waals surface area contributed by atoms with Gasteiger partial charge in [-0.15, -0.1) is 0 Å². The van der Waals surface area contributed by atoms with Gasteiger partial charge < -0.3 is 5.32 Å². The van der Waals surface area contributed by atoms with Crippen molar-refractivity contribution in [1.29, 1.82) is 0 Å². The quantitative estimate of drug-likeness (QED) is 0.872. The summed E-state index contributed by atoms with van der Waals surface area (Å²) in [7, 11) is 0. The molecule has 1 saturated heterocycles. The van der Waals surface area contributed by atoms with Crippen molar-refractivity contribution in [1.82, 2.24) is 10.3 Å². The van der Waals surface area contributed by atoms with Crippen molar-refractivity contribution in [3.05, 3.63) is 42.1 Å². The number of carbonyl (C=O) groups is 1. The average Bonchev–Trinajstić information content (AvgIpc) is 2.41. The van der Waals surface area contributed by atoms with E-state index in [1.807, 2.05) is 12.1 Å². The average molecular weight is 240 g/mol. The molecule has 2 aromatic rings. The van der Waals surface area contributed by atoms with E-state index in [9.17, 15) is 4.79 Å². The van der Waals surface area contributed by atoms with E-state index < -0.39 is 0 Å². The molecule has 0 radical (unpaired) electrons. The van der Waals surface area contributed by atoms with Gasteiger partial charge in [-0.1, -0.05) is 12.1 Å². The van der Waals surface area contributed by atoms with E-state index in [0.717, 1.165) is 30.4 Å².